The summed E-state index contributed by atoms with van der Waals surface area (Å²) in [6.07, 6.45) is 0. The average molecular weight is 353 g/mol. The molecule has 0 radical (unpaired) electrons. The number of nitrogens with one attached hydrogen (secondary N) is 1. The lowest BCUT2D eigenvalue weighted by Gasteiger charge is -2.13. The molecule has 0 bridgehead atoms. The first-order valence-corrected chi connectivity index (χ1v) is 7.91. The van der Waals surface area contributed by atoms with Gasteiger partial charge in [0.25, 0.3) is 11.7 Å². The second kappa shape index (κ2) is 8.01. The predicted octanol–water partition coefficient (Wildman–Crippen LogP) is 4.58. The Labute approximate surface area is 143 Å². The van der Waals surface area contributed by atoms with Crippen molar-refractivity contribution >= 4 is 23.4 Å². The monoisotopic (exact) mass is 353 g/mol. The fraction of sp³-hybridized carbons (Fsp3) is 0.235. The van der Waals surface area contributed by atoms with Gasteiger partial charge in [-0.1, -0.05) is 11.8 Å². The van der Waals surface area contributed by atoms with E-state index in [0.717, 1.165) is 5.56 Å². The molecular weight excluding hydrogens is 336 g/mol. The lowest BCUT2D eigenvalue weighted by atomic mass is 10.1. The summed E-state index contributed by atoms with van der Waals surface area (Å²) < 4.78 is 35.1. The second-order valence-corrected chi connectivity index (χ2v) is 5.93. The second-order valence-electron chi connectivity index (χ2n) is 4.86. The number of methoxy groups -OCH3 is 2. The van der Waals surface area contributed by atoms with Crippen molar-refractivity contribution in [1.82, 2.24) is 0 Å². The van der Waals surface area contributed by atoms with Gasteiger partial charge in [-0.25, -0.2) is 0 Å². The van der Waals surface area contributed by atoms with Gasteiger partial charge in [-0.2, -0.15) is 8.78 Å². The third-order valence-electron chi connectivity index (χ3n) is 3.35. The zero-order valence-electron chi connectivity index (χ0n) is 13.4. The maximum Gasteiger partial charge on any atom is 0.288 e. The van der Waals surface area contributed by atoms with Crippen LogP contribution >= 0.6 is 11.8 Å². The minimum Gasteiger partial charge on any atom is -0.496 e. The Morgan fingerprint density at radius 1 is 1.08 bits per heavy atom. The van der Waals surface area contributed by atoms with Gasteiger partial charge >= 0.3 is 0 Å². The van der Waals surface area contributed by atoms with Crippen LogP contribution in [0.2, 0.25) is 0 Å². The summed E-state index contributed by atoms with van der Waals surface area (Å²) in [5, 5.41) is 2.71. The van der Waals surface area contributed by atoms with Crippen LogP contribution in [0.4, 0.5) is 14.5 Å². The number of ether oxygens (including phenoxy) is 2. The minimum atomic E-state index is -2.47. The predicted molar refractivity (Wildman–Crippen MR) is 90.5 cm³/mol. The van der Waals surface area contributed by atoms with Gasteiger partial charge in [0.1, 0.15) is 11.5 Å². The van der Waals surface area contributed by atoms with E-state index < -0.39 is 5.76 Å². The van der Waals surface area contributed by atoms with Crippen LogP contribution in [0, 0.1) is 6.92 Å². The highest BCUT2D eigenvalue weighted by molar-refractivity contribution is 7.99. The Morgan fingerprint density at radius 3 is 2.08 bits per heavy atom. The van der Waals surface area contributed by atoms with Crippen LogP contribution in [0.5, 0.6) is 11.5 Å². The molecule has 4 nitrogen and oxygen atoms in total. The summed E-state index contributed by atoms with van der Waals surface area (Å²) in [5.74, 6) is -1.73. The first-order valence-electron chi connectivity index (χ1n) is 7.03. The Balaban J connectivity index is 2.17. The molecule has 0 aliphatic heterocycles. The van der Waals surface area contributed by atoms with E-state index in [4.69, 9.17) is 9.47 Å². The Kier molecular flexibility index (Phi) is 6.03. The molecule has 0 aliphatic carbocycles. The van der Waals surface area contributed by atoms with Crippen LogP contribution in [0.25, 0.3) is 0 Å². The molecule has 0 aliphatic rings. The van der Waals surface area contributed by atoms with E-state index >= 15 is 0 Å². The van der Waals surface area contributed by atoms with Crippen molar-refractivity contribution in [1.29, 1.82) is 0 Å². The van der Waals surface area contributed by atoms with Gasteiger partial charge in [0.2, 0.25) is 0 Å². The van der Waals surface area contributed by atoms with Crippen LogP contribution in [0.3, 0.4) is 0 Å². The summed E-state index contributed by atoms with van der Waals surface area (Å²) >= 11 is 0.455. The fourth-order valence-electron chi connectivity index (χ4n) is 2.14. The number of hydrogen-bond donors (Lipinski definition) is 1. The lowest BCUT2D eigenvalue weighted by molar-refractivity contribution is 0.102. The molecule has 7 heteroatoms. The number of halogens is 2. The highest BCUT2D eigenvalue weighted by Crippen LogP contribution is 2.30. The minimum absolute atomic E-state index is 0.346. The summed E-state index contributed by atoms with van der Waals surface area (Å²) in [7, 11) is 3.03. The highest BCUT2D eigenvalue weighted by Gasteiger charge is 2.14. The SMILES string of the molecule is COc1cc(C(=O)Nc2ccc(SC(F)F)cc2)cc(OC)c1C. The van der Waals surface area contributed by atoms with Crippen molar-refractivity contribution in [3.05, 3.63) is 47.5 Å². The smallest absolute Gasteiger partial charge is 0.288 e. The molecular formula is C17H17F2NO3S. The molecule has 24 heavy (non-hydrogen) atoms. The van der Waals surface area contributed by atoms with Gasteiger partial charge in [-0.3, -0.25) is 4.79 Å². The maximum absolute atomic E-state index is 12.4. The largest absolute Gasteiger partial charge is 0.496 e. The number of benzene rings is 2. The summed E-state index contributed by atoms with van der Waals surface area (Å²) in [4.78, 5) is 12.8. The Morgan fingerprint density at radius 2 is 1.62 bits per heavy atom. The first-order chi connectivity index (χ1) is 11.4. The van der Waals surface area contributed by atoms with Crippen molar-refractivity contribution in [3.63, 3.8) is 0 Å². The molecule has 2 rings (SSSR count). The van der Waals surface area contributed by atoms with Crippen molar-refractivity contribution in [2.45, 2.75) is 17.6 Å². The number of amides is 1. The van der Waals surface area contributed by atoms with Gasteiger partial charge < -0.3 is 14.8 Å². The molecule has 0 spiro atoms. The number of thioether (sulfide) groups is 1. The van der Waals surface area contributed by atoms with Crippen molar-refractivity contribution in [2.75, 3.05) is 19.5 Å². The molecule has 0 aromatic heterocycles. The highest BCUT2D eigenvalue weighted by atomic mass is 32.2. The van der Waals surface area contributed by atoms with E-state index in [2.05, 4.69) is 5.32 Å². The zero-order chi connectivity index (χ0) is 17.7. The lowest BCUT2D eigenvalue weighted by Crippen LogP contribution is -2.12. The van der Waals surface area contributed by atoms with E-state index in [9.17, 15) is 13.6 Å². The first kappa shape index (κ1) is 18.1. The van der Waals surface area contributed by atoms with Gasteiger partial charge in [-0.15, -0.1) is 0 Å². The molecule has 0 fully saturated rings. The summed E-state index contributed by atoms with van der Waals surface area (Å²) in [5.41, 5.74) is 1.68. The fourth-order valence-corrected chi connectivity index (χ4v) is 2.64. The summed E-state index contributed by atoms with van der Waals surface area (Å²) in [6.45, 7) is 1.83. The number of hydrogen-bond acceptors (Lipinski definition) is 4. The van der Waals surface area contributed by atoms with Gasteiger partial charge in [0, 0.05) is 21.7 Å². The van der Waals surface area contributed by atoms with Crippen LogP contribution in [-0.2, 0) is 0 Å². The third kappa shape index (κ3) is 4.38. The van der Waals surface area contributed by atoms with Gasteiger partial charge in [0.15, 0.2) is 0 Å². The Bertz CT molecular complexity index is 695. The zero-order valence-corrected chi connectivity index (χ0v) is 14.2. The molecule has 0 unspecified atom stereocenters. The molecule has 0 saturated carbocycles. The van der Waals surface area contributed by atoms with E-state index in [1.165, 1.54) is 26.4 Å². The number of carbonyl (C=O) groups is 1. The van der Waals surface area contributed by atoms with E-state index in [1.54, 1.807) is 24.3 Å². The van der Waals surface area contributed by atoms with Gasteiger partial charge in [0.05, 0.1) is 14.2 Å². The van der Waals surface area contributed by atoms with Crippen molar-refractivity contribution in [3.8, 4) is 11.5 Å². The van der Waals surface area contributed by atoms with Crippen molar-refractivity contribution < 1.29 is 23.0 Å². The number of rotatable bonds is 6. The standard InChI is InChI=1S/C17H17F2NO3S/c1-10-14(22-2)8-11(9-15(10)23-3)16(21)20-12-4-6-13(7-5-12)24-17(18)19/h4-9,17H,1-3H3,(H,20,21). The molecule has 0 atom stereocenters. The van der Waals surface area contributed by atoms with Crippen LogP contribution in [-0.4, -0.2) is 25.9 Å². The molecule has 2 aromatic carbocycles. The molecule has 0 saturated heterocycles. The number of carbonyl (C=O) groups excluding carboxylic acids is 1. The molecule has 2 aromatic rings. The van der Waals surface area contributed by atoms with Gasteiger partial charge in [-0.05, 0) is 43.3 Å². The molecule has 1 amide bonds. The quantitative estimate of drug-likeness (QED) is 0.772. The summed E-state index contributed by atoms with van der Waals surface area (Å²) in [6, 6.07) is 9.45. The van der Waals surface area contributed by atoms with Crippen LogP contribution in [0.1, 0.15) is 15.9 Å². The molecule has 0 heterocycles. The number of alkyl halides is 2. The average Bonchev–Trinajstić information content (AvgIpc) is 2.56. The Hall–Kier alpha value is -2.28. The van der Waals surface area contributed by atoms with E-state index in [-0.39, 0.29) is 5.91 Å². The van der Waals surface area contributed by atoms with Crippen LogP contribution in [0.15, 0.2) is 41.3 Å². The topological polar surface area (TPSA) is 47.6 Å². The molecule has 128 valence electrons. The molecule has 1 N–H and O–H groups in total. The van der Waals surface area contributed by atoms with E-state index in [1.807, 2.05) is 6.92 Å². The normalized spacial score (nSPS) is 10.6. The van der Waals surface area contributed by atoms with Crippen molar-refractivity contribution in [2.24, 2.45) is 0 Å². The maximum atomic E-state index is 12.4. The van der Waals surface area contributed by atoms with E-state index in [0.29, 0.717) is 39.4 Å². The van der Waals surface area contributed by atoms with Crippen LogP contribution < -0.4 is 14.8 Å². The number of anilines is 1. The third-order valence-corrected chi connectivity index (χ3v) is 4.07.